The van der Waals surface area contributed by atoms with E-state index < -0.39 is 18.2 Å². The van der Waals surface area contributed by atoms with E-state index in [4.69, 9.17) is 4.74 Å². The lowest BCUT2D eigenvalue weighted by Crippen LogP contribution is -2.46. The van der Waals surface area contributed by atoms with Gasteiger partial charge in [0.15, 0.2) is 0 Å². The van der Waals surface area contributed by atoms with Gasteiger partial charge in [-0.2, -0.15) is 0 Å². The van der Waals surface area contributed by atoms with Crippen molar-refractivity contribution in [3.63, 3.8) is 0 Å². The van der Waals surface area contributed by atoms with Crippen molar-refractivity contribution >= 4 is 11.9 Å². The number of aliphatic hydroxyl groups excluding tert-OH is 2. The molecule has 3 atom stereocenters. The Morgan fingerprint density at radius 2 is 0.922 bits per heavy atom. The highest BCUT2D eigenvalue weighted by atomic mass is 16.5. The topological polar surface area (TPSA) is 95.9 Å². The number of rotatable bonds is 47. The summed E-state index contributed by atoms with van der Waals surface area (Å²) in [6.45, 7) is 6.23. The van der Waals surface area contributed by atoms with Crippen LogP contribution in [0.5, 0.6) is 0 Å². The van der Waals surface area contributed by atoms with Gasteiger partial charge in [-0.25, -0.2) is 0 Å². The molecule has 6 heteroatoms. The fraction of sp³-hybridized carbons (Fsp3) is 0.724. The van der Waals surface area contributed by atoms with E-state index >= 15 is 0 Å². The smallest absolute Gasteiger partial charge is 0.306 e. The van der Waals surface area contributed by atoms with Crippen molar-refractivity contribution < 1.29 is 24.5 Å². The molecule has 0 spiro atoms. The molecule has 1 amide bonds. The van der Waals surface area contributed by atoms with Gasteiger partial charge in [0.25, 0.3) is 0 Å². The Morgan fingerprint density at radius 3 is 1.48 bits per heavy atom. The van der Waals surface area contributed by atoms with E-state index in [1.54, 1.807) is 0 Å². The summed E-state index contributed by atoms with van der Waals surface area (Å²) in [5.41, 5.74) is 0. The third kappa shape index (κ3) is 45.6. The Morgan fingerprint density at radius 1 is 0.484 bits per heavy atom. The number of esters is 1. The molecule has 0 radical (unpaired) electrons. The van der Waals surface area contributed by atoms with E-state index in [1.165, 1.54) is 103 Å². The van der Waals surface area contributed by atoms with Gasteiger partial charge in [-0.05, 0) is 77.0 Å². The summed E-state index contributed by atoms with van der Waals surface area (Å²) >= 11 is 0. The highest BCUT2D eigenvalue weighted by Crippen LogP contribution is 2.18. The maximum atomic E-state index is 13.2. The first-order valence-corrected chi connectivity index (χ1v) is 26.9. The lowest BCUT2D eigenvalue weighted by Gasteiger charge is -2.24. The fourth-order valence-corrected chi connectivity index (χ4v) is 7.81. The molecule has 3 N–H and O–H groups in total. The molecular formula is C58H101NO5. The number of hydrogen-bond acceptors (Lipinski definition) is 5. The van der Waals surface area contributed by atoms with Crippen LogP contribution in [0.15, 0.2) is 85.1 Å². The fourth-order valence-electron chi connectivity index (χ4n) is 7.81. The molecule has 0 bridgehead atoms. The Balaban J connectivity index is 4.61. The van der Waals surface area contributed by atoms with Gasteiger partial charge in [0.2, 0.25) is 5.91 Å². The minimum atomic E-state index is -0.805. The van der Waals surface area contributed by atoms with E-state index in [1.807, 2.05) is 24.3 Å². The summed E-state index contributed by atoms with van der Waals surface area (Å²) in [7, 11) is 0. The zero-order chi connectivity index (χ0) is 46.7. The third-order valence-electron chi connectivity index (χ3n) is 11.8. The second-order valence-corrected chi connectivity index (χ2v) is 18.0. The highest BCUT2D eigenvalue weighted by molar-refractivity contribution is 5.77. The standard InChI is InChI=1S/C58H101NO5/c1-4-7-10-13-16-19-22-25-27-29-32-35-38-41-44-47-50-56(61)55(53-60)59-57(62)52-54(49-46-43-40-37-34-31-24-21-18-15-12-9-6-3)64-58(63)51-48-45-42-39-36-33-30-28-26-23-20-17-14-11-8-5-2/h8-9,11-12,15,17-18,20-21,24,26,28,31,34,54-56,60-61H,4-7,10,13-14,16,19,22-23,25,27,29-30,32-33,35-53H2,1-3H3,(H,59,62)/b11-8+,12-9+,18-15+,20-17+,24-21+,28-26+,34-31-. The minimum absolute atomic E-state index is 0.0424. The van der Waals surface area contributed by atoms with Crippen LogP contribution in [0.25, 0.3) is 0 Å². The van der Waals surface area contributed by atoms with Crippen molar-refractivity contribution in [2.45, 2.75) is 264 Å². The molecule has 6 nitrogen and oxygen atoms in total. The molecule has 0 saturated carbocycles. The van der Waals surface area contributed by atoms with Crippen LogP contribution >= 0.6 is 0 Å². The SMILES string of the molecule is CC/C=C/C=C/C=C/C=C\CCCCCC(CC(=O)NC(CO)C(O)CCCCCCCCCCCCCCCCCC)OC(=O)CCCCCCCC/C=C/C/C=C/C/C=C/CC. The van der Waals surface area contributed by atoms with Gasteiger partial charge in [0, 0.05) is 6.42 Å². The zero-order valence-electron chi connectivity index (χ0n) is 41.9. The second kappa shape index (κ2) is 51.0. The van der Waals surface area contributed by atoms with Crippen LogP contribution in [0.1, 0.15) is 245 Å². The Bertz CT molecular complexity index is 1230. The van der Waals surface area contributed by atoms with Gasteiger partial charge in [-0.3, -0.25) is 9.59 Å². The molecule has 0 heterocycles. The van der Waals surface area contributed by atoms with E-state index in [9.17, 15) is 19.8 Å². The van der Waals surface area contributed by atoms with Crippen molar-refractivity contribution in [2.24, 2.45) is 0 Å². The van der Waals surface area contributed by atoms with E-state index in [0.717, 1.165) is 96.3 Å². The van der Waals surface area contributed by atoms with Gasteiger partial charge in [0.05, 0.1) is 25.2 Å². The Hall–Kier alpha value is -2.96. The van der Waals surface area contributed by atoms with Crippen molar-refractivity contribution in [2.75, 3.05) is 6.61 Å². The van der Waals surface area contributed by atoms with Crippen LogP contribution in [0, 0.1) is 0 Å². The van der Waals surface area contributed by atoms with Crippen LogP contribution < -0.4 is 5.32 Å². The summed E-state index contributed by atoms with van der Waals surface area (Å²) in [5, 5.41) is 23.8. The maximum absolute atomic E-state index is 13.2. The third-order valence-corrected chi connectivity index (χ3v) is 11.8. The average molecular weight is 892 g/mol. The first-order chi connectivity index (χ1) is 31.5. The number of hydrogen-bond donors (Lipinski definition) is 3. The number of aliphatic hydroxyl groups is 2. The first-order valence-electron chi connectivity index (χ1n) is 26.9. The molecule has 368 valence electrons. The highest BCUT2D eigenvalue weighted by Gasteiger charge is 2.24. The van der Waals surface area contributed by atoms with E-state index in [0.29, 0.717) is 19.3 Å². The molecule has 0 aromatic rings. The lowest BCUT2D eigenvalue weighted by molar-refractivity contribution is -0.151. The van der Waals surface area contributed by atoms with Gasteiger partial charge < -0.3 is 20.3 Å². The van der Waals surface area contributed by atoms with Crippen molar-refractivity contribution in [1.29, 1.82) is 0 Å². The van der Waals surface area contributed by atoms with E-state index in [-0.39, 0.29) is 24.9 Å². The van der Waals surface area contributed by atoms with E-state index in [2.05, 4.69) is 86.8 Å². The molecule has 0 aliphatic carbocycles. The maximum Gasteiger partial charge on any atom is 0.306 e. The quantitative estimate of drug-likeness (QED) is 0.0245. The summed E-state index contributed by atoms with van der Waals surface area (Å²) in [6, 6.07) is -0.722. The van der Waals surface area contributed by atoms with Crippen molar-refractivity contribution in [3.05, 3.63) is 85.1 Å². The summed E-state index contributed by atoms with van der Waals surface area (Å²) in [5.74, 6) is -0.530. The van der Waals surface area contributed by atoms with Crippen molar-refractivity contribution in [3.8, 4) is 0 Å². The molecule has 0 fully saturated rings. The zero-order valence-corrected chi connectivity index (χ0v) is 41.9. The molecule has 64 heavy (non-hydrogen) atoms. The summed E-state index contributed by atoms with van der Waals surface area (Å²) < 4.78 is 5.92. The molecule has 0 aliphatic heterocycles. The number of carbonyl (C=O) groups is 2. The molecule has 0 aromatic carbocycles. The van der Waals surface area contributed by atoms with Gasteiger partial charge in [-0.1, -0.05) is 241 Å². The van der Waals surface area contributed by atoms with Gasteiger partial charge in [-0.15, -0.1) is 0 Å². The largest absolute Gasteiger partial charge is 0.462 e. The number of nitrogens with one attached hydrogen (secondary N) is 1. The second-order valence-electron chi connectivity index (χ2n) is 18.0. The van der Waals surface area contributed by atoms with Crippen LogP contribution in [-0.4, -0.2) is 46.9 Å². The normalized spacial score (nSPS) is 13.9. The minimum Gasteiger partial charge on any atom is -0.462 e. The molecule has 3 unspecified atom stereocenters. The lowest BCUT2D eigenvalue weighted by atomic mass is 10.0. The Kier molecular flexibility index (Phi) is 48.7. The van der Waals surface area contributed by atoms with Crippen molar-refractivity contribution in [1.82, 2.24) is 5.32 Å². The molecular weight excluding hydrogens is 791 g/mol. The van der Waals surface area contributed by atoms with Crippen LogP contribution in [0.3, 0.4) is 0 Å². The number of ether oxygens (including phenoxy) is 1. The number of unbranched alkanes of at least 4 members (excludes halogenated alkanes) is 24. The summed E-state index contributed by atoms with van der Waals surface area (Å²) in [4.78, 5) is 26.2. The molecule has 0 aromatic heterocycles. The first kappa shape index (κ1) is 61.0. The monoisotopic (exact) mass is 892 g/mol. The van der Waals surface area contributed by atoms with Gasteiger partial charge >= 0.3 is 5.97 Å². The summed E-state index contributed by atoms with van der Waals surface area (Å²) in [6.07, 6.45) is 66.4. The number of allylic oxidation sites excluding steroid dienone is 14. The average Bonchev–Trinajstić information content (AvgIpc) is 3.29. The van der Waals surface area contributed by atoms with Crippen LogP contribution in [0.4, 0.5) is 0 Å². The predicted octanol–water partition coefficient (Wildman–Crippen LogP) is 16.3. The van der Waals surface area contributed by atoms with Crippen LogP contribution in [-0.2, 0) is 14.3 Å². The number of amides is 1. The Labute approximate surface area is 395 Å². The van der Waals surface area contributed by atoms with Gasteiger partial charge in [0.1, 0.15) is 6.10 Å². The molecule has 0 aliphatic rings. The van der Waals surface area contributed by atoms with Crippen LogP contribution in [0.2, 0.25) is 0 Å². The number of carbonyl (C=O) groups excluding carboxylic acids is 2. The predicted molar refractivity (Wildman–Crippen MR) is 278 cm³/mol. The molecule has 0 saturated heterocycles. The molecule has 0 rings (SSSR count).